The van der Waals surface area contributed by atoms with Crippen LogP contribution in [0.3, 0.4) is 0 Å². The van der Waals surface area contributed by atoms with E-state index in [1.54, 1.807) is 0 Å². The first kappa shape index (κ1) is 11.4. The van der Waals surface area contributed by atoms with E-state index in [1.807, 2.05) is 0 Å². The quantitative estimate of drug-likeness (QED) is 0.501. The summed E-state index contributed by atoms with van der Waals surface area (Å²) in [6, 6.07) is 0.981. The first-order valence-electron chi connectivity index (χ1n) is 3.39. The van der Waals surface area contributed by atoms with Gasteiger partial charge in [-0.3, -0.25) is 10.1 Å². The Kier molecular flexibility index (Phi) is 3.42. The van der Waals surface area contributed by atoms with Crippen molar-refractivity contribution in [3.8, 4) is 5.75 Å². The molecule has 76 valence electrons. The molecule has 1 rings (SSSR count). The molecule has 7 heteroatoms. The molecule has 0 bridgehead atoms. The molecule has 1 aromatic rings. The second-order valence-corrected chi connectivity index (χ2v) is 3.46. The van der Waals surface area contributed by atoms with Crippen LogP contribution < -0.4 is 0 Å². The van der Waals surface area contributed by atoms with Crippen LogP contribution in [-0.4, -0.2) is 10.0 Å². The van der Waals surface area contributed by atoms with Crippen molar-refractivity contribution in [2.45, 2.75) is 5.88 Å². The predicted octanol–water partition coefficient (Wildman–Crippen LogP) is 3.35. The third kappa shape index (κ3) is 1.87. The van der Waals surface area contributed by atoms with Crippen molar-refractivity contribution < 1.29 is 10.0 Å². The molecule has 0 aromatic heterocycles. The van der Waals surface area contributed by atoms with Gasteiger partial charge in [0.25, 0.3) is 0 Å². The molecule has 0 radical (unpaired) electrons. The molecule has 1 N–H and O–H groups in total. The second-order valence-electron chi connectivity index (χ2n) is 2.41. The summed E-state index contributed by atoms with van der Waals surface area (Å²) in [5.74, 6) is -0.689. The number of rotatable bonds is 2. The molecule has 0 amide bonds. The van der Waals surface area contributed by atoms with Gasteiger partial charge >= 0.3 is 5.69 Å². The van der Waals surface area contributed by atoms with Crippen LogP contribution in [0.2, 0.25) is 10.0 Å². The first-order chi connectivity index (χ1) is 6.49. The van der Waals surface area contributed by atoms with Crippen molar-refractivity contribution >= 4 is 40.5 Å². The molecule has 1 aromatic carbocycles. The van der Waals surface area contributed by atoms with Crippen LogP contribution in [0.5, 0.6) is 5.75 Å². The largest absolute Gasteiger partial charge is 0.502 e. The highest BCUT2D eigenvalue weighted by atomic mass is 35.5. The molecule has 0 aliphatic heterocycles. The fourth-order valence-electron chi connectivity index (χ4n) is 0.916. The standard InChI is InChI=1S/C7H4Cl3NO3/c8-2-3-6(10)4(9)1-5(7(3)12)11(13)14/h1,12H,2H2. The van der Waals surface area contributed by atoms with Gasteiger partial charge < -0.3 is 5.11 Å². The van der Waals surface area contributed by atoms with Gasteiger partial charge in [0, 0.05) is 11.6 Å². The van der Waals surface area contributed by atoms with Gasteiger partial charge in [0.2, 0.25) is 0 Å². The molecule has 14 heavy (non-hydrogen) atoms. The Morgan fingerprint density at radius 3 is 2.50 bits per heavy atom. The van der Waals surface area contributed by atoms with E-state index >= 15 is 0 Å². The second kappa shape index (κ2) is 4.21. The minimum Gasteiger partial charge on any atom is -0.502 e. The van der Waals surface area contributed by atoms with Crippen LogP contribution in [0.1, 0.15) is 5.56 Å². The lowest BCUT2D eigenvalue weighted by molar-refractivity contribution is -0.385. The molecule has 0 aliphatic carbocycles. The summed E-state index contributed by atoms with van der Waals surface area (Å²) in [5.41, 5.74) is -0.442. The zero-order valence-corrected chi connectivity index (χ0v) is 8.90. The van der Waals surface area contributed by atoms with Gasteiger partial charge in [-0.05, 0) is 0 Å². The number of aromatic hydroxyl groups is 1. The van der Waals surface area contributed by atoms with Crippen LogP contribution in [-0.2, 0) is 5.88 Å². The fourth-order valence-corrected chi connectivity index (χ4v) is 1.67. The Morgan fingerprint density at radius 1 is 1.50 bits per heavy atom. The van der Waals surface area contributed by atoms with E-state index in [2.05, 4.69) is 0 Å². The summed E-state index contributed by atoms with van der Waals surface area (Å²) < 4.78 is 0. The number of nitrogens with zero attached hydrogens (tertiary/aromatic N) is 1. The van der Waals surface area contributed by atoms with E-state index in [0.717, 1.165) is 6.07 Å². The van der Waals surface area contributed by atoms with Gasteiger partial charge in [0.15, 0.2) is 5.75 Å². The van der Waals surface area contributed by atoms with Crippen molar-refractivity contribution in [2.24, 2.45) is 0 Å². The lowest BCUT2D eigenvalue weighted by Crippen LogP contribution is -1.93. The third-order valence-corrected chi connectivity index (χ3v) is 2.69. The highest BCUT2D eigenvalue weighted by Crippen LogP contribution is 2.40. The number of benzene rings is 1. The third-order valence-electron chi connectivity index (χ3n) is 1.60. The summed E-state index contributed by atoms with van der Waals surface area (Å²) in [6.07, 6.45) is 0. The van der Waals surface area contributed by atoms with Crippen LogP contribution in [0.4, 0.5) is 5.69 Å². The Hall–Kier alpha value is -0.710. The van der Waals surface area contributed by atoms with E-state index in [-0.39, 0.29) is 21.5 Å². The molecule has 0 unspecified atom stereocenters. The molecular formula is C7H4Cl3NO3. The molecule has 0 aliphatic rings. The minimum absolute atomic E-state index is 0.00758. The fraction of sp³-hybridized carbons (Fsp3) is 0.143. The summed E-state index contributed by atoms with van der Waals surface area (Å²) in [6.45, 7) is 0. The SMILES string of the molecule is O=[N+]([O-])c1cc(Cl)c(Cl)c(CCl)c1O. The minimum atomic E-state index is -0.756. The lowest BCUT2D eigenvalue weighted by atomic mass is 10.2. The van der Waals surface area contributed by atoms with E-state index < -0.39 is 16.4 Å². The average molecular weight is 256 g/mol. The molecule has 0 saturated heterocycles. The molecular weight excluding hydrogens is 252 g/mol. The monoisotopic (exact) mass is 255 g/mol. The van der Waals surface area contributed by atoms with E-state index in [1.165, 1.54) is 0 Å². The summed E-state index contributed by atoms with van der Waals surface area (Å²) in [4.78, 5) is 9.70. The normalized spacial score (nSPS) is 10.2. The van der Waals surface area contributed by atoms with Crippen LogP contribution in [0.25, 0.3) is 0 Å². The summed E-state index contributed by atoms with van der Waals surface area (Å²) in [7, 11) is 0. The first-order valence-corrected chi connectivity index (χ1v) is 4.68. The van der Waals surface area contributed by atoms with Crippen LogP contribution in [0.15, 0.2) is 6.07 Å². The van der Waals surface area contributed by atoms with E-state index in [4.69, 9.17) is 34.8 Å². The van der Waals surface area contributed by atoms with Crippen molar-refractivity contribution in [2.75, 3.05) is 0 Å². The maximum atomic E-state index is 10.5. The summed E-state index contributed by atoms with van der Waals surface area (Å²) >= 11 is 16.7. The maximum absolute atomic E-state index is 10.5. The van der Waals surface area contributed by atoms with Gasteiger partial charge in [0.1, 0.15) is 0 Å². The molecule has 4 nitrogen and oxygen atoms in total. The zero-order chi connectivity index (χ0) is 10.9. The van der Waals surface area contributed by atoms with E-state index in [0.29, 0.717) is 0 Å². The Bertz CT molecular complexity index is 394. The van der Waals surface area contributed by atoms with Crippen molar-refractivity contribution in [1.29, 1.82) is 0 Å². The van der Waals surface area contributed by atoms with Gasteiger partial charge in [-0.25, -0.2) is 0 Å². The van der Waals surface area contributed by atoms with E-state index in [9.17, 15) is 15.2 Å². The highest BCUT2D eigenvalue weighted by Gasteiger charge is 2.22. The number of nitro groups is 1. The Labute approximate surface area is 94.2 Å². The number of alkyl halides is 1. The highest BCUT2D eigenvalue weighted by molar-refractivity contribution is 6.43. The topological polar surface area (TPSA) is 63.4 Å². The van der Waals surface area contributed by atoms with Crippen LogP contribution >= 0.6 is 34.8 Å². The molecule has 0 saturated carbocycles. The molecule has 0 fully saturated rings. The average Bonchev–Trinajstić information content (AvgIpc) is 2.12. The van der Waals surface area contributed by atoms with Gasteiger partial charge in [-0.2, -0.15) is 0 Å². The summed E-state index contributed by atoms with van der Waals surface area (Å²) in [5, 5.41) is 19.9. The Balaban J connectivity index is 3.50. The van der Waals surface area contributed by atoms with Gasteiger partial charge in [0.05, 0.1) is 20.8 Å². The number of phenolic OH excluding ortho intramolecular Hbond substituents is 1. The molecule has 0 spiro atoms. The maximum Gasteiger partial charge on any atom is 0.312 e. The molecule has 0 heterocycles. The number of hydrogen-bond acceptors (Lipinski definition) is 3. The zero-order valence-electron chi connectivity index (χ0n) is 6.63. The van der Waals surface area contributed by atoms with Gasteiger partial charge in [-0.1, -0.05) is 23.2 Å². The van der Waals surface area contributed by atoms with Crippen molar-refractivity contribution in [3.05, 3.63) is 31.8 Å². The number of halogens is 3. The van der Waals surface area contributed by atoms with Crippen molar-refractivity contribution in [1.82, 2.24) is 0 Å². The van der Waals surface area contributed by atoms with Crippen LogP contribution in [0, 0.1) is 10.1 Å². The lowest BCUT2D eigenvalue weighted by Gasteiger charge is -2.05. The van der Waals surface area contributed by atoms with Gasteiger partial charge in [-0.15, -0.1) is 11.6 Å². The van der Waals surface area contributed by atoms with Crippen molar-refractivity contribution in [3.63, 3.8) is 0 Å². The number of phenols is 1. The predicted molar refractivity (Wildman–Crippen MR) is 54.3 cm³/mol. The molecule has 0 atom stereocenters. The number of nitro benzene ring substituents is 1. The number of hydrogen-bond donors (Lipinski definition) is 1. The Morgan fingerprint density at radius 2 is 2.07 bits per heavy atom. The smallest absolute Gasteiger partial charge is 0.312 e.